The van der Waals surface area contributed by atoms with Gasteiger partial charge in [0.05, 0.1) is 18.8 Å². The standard InChI is InChI=1S/C17H30O2.C2H6/c1-4-15-6-5-7-16(10-15)11-18-12-17-9-13(2)8-14(3)19-17;1-2/h4,13-17H,1,5-12H2,2-3H3;1-2H3. The highest BCUT2D eigenvalue weighted by Crippen LogP contribution is 2.30. The second-order valence-electron chi connectivity index (χ2n) is 6.71. The zero-order valence-electron chi connectivity index (χ0n) is 14.6. The first kappa shape index (κ1) is 18.7. The third kappa shape index (κ3) is 6.97. The molecule has 2 heteroatoms. The Kier molecular flexibility index (Phi) is 9.26. The smallest absolute Gasteiger partial charge is 0.0814 e. The van der Waals surface area contributed by atoms with Crippen LogP contribution in [-0.2, 0) is 9.47 Å². The van der Waals surface area contributed by atoms with Crippen molar-refractivity contribution in [3.05, 3.63) is 12.7 Å². The van der Waals surface area contributed by atoms with Crippen molar-refractivity contribution in [2.45, 2.75) is 78.4 Å². The van der Waals surface area contributed by atoms with Gasteiger partial charge in [-0.2, -0.15) is 0 Å². The van der Waals surface area contributed by atoms with Crippen LogP contribution in [0.1, 0.15) is 66.2 Å². The average Bonchev–Trinajstić information content (AvgIpc) is 2.48. The molecule has 1 saturated carbocycles. The second kappa shape index (κ2) is 10.4. The molecule has 0 bridgehead atoms. The fraction of sp³-hybridized carbons (Fsp3) is 0.895. The maximum absolute atomic E-state index is 5.95. The van der Waals surface area contributed by atoms with Crippen molar-refractivity contribution in [1.82, 2.24) is 0 Å². The van der Waals surface area contributed by atoms with Gasteiger partial charge in [0.15, 0.2) is 0 Å². The summed E-state index contributed by atoms with van der Waals surface area (Å²) in [5.74, 6) is 2.22. The minimum absolute atomic E-state index is 0.317. The van der Waals surface area contributed by atoms with Gasteiger partial charge < -0.3 is 9.47 Å². The highest BCUT2D eigenvalue weighted by Gasteiger charge is 2.25. The Bertz CT molecular complexity index is 267. The van der Waals surface area contributed by atoms with Crippen LogP contribution < -0.4 is 0 Å². The molecule has 0 spiro atoms. The van der Waals surface area contributed by atoms with Gasteiger partial charge in [0.1, 0.15) is 0 Å². The fourth-order valence-electron chi connectivity index (χ4n) is 3.72. The van der Waals surface area contributed by atoms with E-state index in [9.17, 15) is 0 Å². The second-order valence-corrected chi connectivity index (χ2v) is 6.71. The molecule has 0 N–H and O–H groups in total. The quantitative estimate of drug-likeness (QED) is 0.647. The molecular weight excluding hydrogens is 260 g/mol. The number of hydrogen-bond acceptors (Lipinski definition) is 2. The average molecular weight is 296 g/mol. The molecule has 1 heterocycles. The first-order valence-corrected chi connectivity index (χ1v) is 9.03. The molecular formula is C19H36O2. The maximum Gasteiger partial charge on any atom is 0.0814 e. The van der Waals surface area contributed by atoms with Crippen LogP contribution in [0.2, 0.25) is 0 Å². The van der Waals surface area contributed by atoms with Crippen molar-refractivity contribution in [3.8, 4) is 0 Å². The summed E-state index contributed by atoms with van der Waals surface area (Å²) in [6, 6.07) is 0. The van der Waals surface area contributed by atoms with E-state index in [1.54, 1.807) is 0 Å². The molecule has 5 unspecified atom stereocenters. The van der Waals surface area contributed by atoms with Crippen LogP contribution >= 0.6 is 0 Å². The summed E-state index contributed by atoms with van der Waals surface area (Å²) in [5.41, 5.74) is 0. The molecule has 21 heavy (non-hydrogen) atoms. The van der Waals surface area contributed by atoms with Crippen molar-refractivity contribution in [2.24, 2.45) is 17.8 Å². The number of rotatable bonds is 5. The summed E-state index contributed by atoms with van der Waals surface area (Å²) >= 11 is 0. The van der Waals surface area contributed by atoms with Crippen LogP contribution in [0.5, 0.6) is 0 Å². The SMILES string of the molecule is C=CC1CCCC(COCC2CC(C)CC(C)O2)C1.CC. The van der Waals surface area contributed by atoms with Crippen molar-refractivity contribution in [3.63, 3.8) is 0 Å². The van der Waals surface area contributed by atoms with Crippen molar-refractivity contribution in [1.29, 1.82) is 0 Å². The molecule has 0 aromatic heterocycles. The number of allylic oxidation sites excluding steroid dienone is 1. The van der Waals surface area contributed by atoms with E-state index < -0.39 is 0 Å². The minimum Gasteiger partial charge on any atom is -0.378 e. The topological polar surface area (TPSA) is 18.5 Å². The zero-order valence-corrected chi connectivity index (χ0v) is 14.6. The Labute approximate surface area is 132 Å². The molecule has 2 nitrogen and oxygen atoms in total. The molecule has 1 aliphatic heterocycles. The number of hydrogen-bond donors (Lipinski definition) is 0. The van der Waals surface area contributed by atoms with Gasteiger partial charge in [0, 0.05) is 6.61 Å². The highest BCUT2D eigenvalue weighted by molar-refractivity contribution is 4.84. The lowest BCUT2D eigenvalue weighted by molar-refractivity contribution is -0.0976. The van der Waals surface area contributed by atoms with Crippen LogP contribution in [0, 0.1) is 17.8 Å². The van der Waals surface area contributed by atoms with Crippen LogP contribution in [0.15, 0.2) is 12.7 Å². The van der Waals surface area contributed by atoms with Crippen LogP contribution in [0.25, 0.3) is 0 Å². The van der Waals surface area contributed by atoms with E-state index in [4.69, 9.17) is 9.47 Å². The molecule has 0 amide bonds. The first-order chi connectivity index (χ1) is 10.2. The van der Waals surface area contributed by atoms with Crippen LogP contribution in [0.3, 0.4) is 0 Å². The Morgan fingerprint density at radius 3 is 2.52 bits per heavy atom. The molecule has 2 rings (SSSR count). The first-order valence-electron chi connectivity index (χ1n) is 9.03. The Morgan fingerprint density at radius 2 is 1.86 bits per heavy atom. The molecule has 0 aromatic carbocycles. The molecule has 1 saturated heterocycles. The lowest BCUT2D eigenvalue weighted by Gasteiger charge is -2.33. The number of ether oxygens (including phenoxy) is 2. The largest absolute Gasteiger partial charge is 0.378 e. The van der Waals surface area contributed by atoms with Gasteiger partial charge in [-0.1, -0.05) is 33.3 Å². The van der Waals surface area contributed by atoms with E-state index >= 15 is 0 Å². The van der Waals surface area contributed by atoms with E-state index in [0.29, 0.717) is 18.1 Å². The lowest BCUT2D eigenvalue weighted by atomic mass is 9.82. The Hall–Kier alpha value is -0.340. The maximum atomic E-state index is 5.95. The summed E-state index contributed by atoms with van der Waals surface area (Å²) in [6.07, 6.45) is 10.4. The summed E-state index contributed by atoms with van der Waals surface area (Å²) < 4.78 is 11.9. The molecule has 2 aliphatic rings. The monoisotopic (exact) mass is 296 g/mol. The van der Waals surface area contributed by atoms with Crippen LogP contribution in [0.4, 0.5) is 0 Å². The molecule has 0 aromatic rings. The van der Waals surface area contributed by atoms with E-state index in [1.165, 1.54) is 32.1 Å². The highest BCUT2D eigenvalue weighted by atomic mass is 16.5. The summed E-state index contributed by atoms with van der Waals surface area (Å²) in [6.45, 7) is 14.1. The van der Waals surface area contributed by atoms with Crippen molar-refractivity contribution in [2.75, 3.05) is 13.2 Å². The minimum atomic E-state index is 0.317. The fourth-order valence-corrected chi connectivity index (χ4v) is 3.72. The molecule has 0 radical (unpaired) electrons. The van der Waals surface area contributed by atoms with E-state index in [1.807, 2.05) is 13.8 Å². The zero-order chi connectivity index (χ0) is 15.7. The van der Waals surface area contributed by atoms with Gasteiger partial charge in [0.25, 0.3) is 0 Å². The van der Waals surface area contributed by atoms with E-state index in [2.05, 4.69) is 26.5 Å². The molecule has 124 valence electrons. The van der Waals surface area contributed by atoms with E-state index in [0.717, 1.165) is 31.5 Å². The Balaban J connectivity index is 0.00000106. The van der Waals surface area contributed by atoms with Crippen molar-refractivity contribution < 1.29 is 9.47 Å². The van der Waals surface area contributed by atoms with Gasteiger partial charge in [0.2, 0.25) is 0 Å². The van der Waals surface area contributed by atoms with Gasteiger partial charge in [-0.15, -0.1) is 6.58 Å². The van der Waals surface area contributed by atoms with Gasteiger partial charge in [-0.25, -0.2) is 0 Å². The summed E-state index contributed by atoms with van der Waals surface area (Å²) in [4.78, 5) is 0. The summed E-state index contributed by atoms with van der Waals surface area (Å²) in [5, 5.41) is 0. The van der Waals surface area contributed by atoms with Gasteiger partial charge in [-0.05, 0) is 56.8 Å². The van der Waals surface area contributed by atoms with Crippen molar-refractivity contribution >= 4 is 0 Å². The van der Waals surface area contributed by atoms with E-state index in [-0.39, 0.29) is 0 Å². The third-order valence-electron chi connectivity index (χ3n) is 4.64. The molecule has 1 aliphatic carbocycles. The molecule has 5 atom stereocenters. The Morgan fingerprint density at radius 1 is 1.10 bits per heavy atom. The molecule has 2 fully saturated rings. The predicted molar refractivity (Wildman–Crippen MR) is 90.5 cm³/mol. The normalized spacial score (nSPS) is 36.5. The van der Waals surface area contributed by atoms with Gasteiger partial charge in [-0.3, -0.25) is 0 Å². The predicted octanol–water partition coefficient (Wildman–Crippen LogP) is 5.23. The van der Waals surface area contributed by atoms with Gasteiger partial charge >= 0.3 is 0 Å². The lowest BCUT2D eigenvalue weighted by Crippen LogP contribution is -2.34. The summed E-state index contributed by atoms with van der Waals surface area (Å²) in [7, 11) is 0. The van der Waals surface area contributed by atoms with Crippen LogP contribution in [-0.4, -0.2) is 25.4 Å². The third-order valence-corrected chi connectivity index (χ3v) is 4.64.